The van der Waals surface area contributed by atoms with Crippen molar-refractivity contribution in [3.63, 3.8) is 0 Å². The van der Waals surface area contributed by atoms with Gasteiger partial charge in [-0.25, -0.2) is 13.1 Å². The molecule has 1 amide bonds. The van der Waals surface area contributed by atoms with Crippen molar-refractivity contribution in [3.05, 3.63) is 24.3 Å². The van der Waals surface area contributed by atoms with Crippen LogP contribution in [0.1, 0.15) is 20.3 Å². The Morgan fingerprint density at radius 1 is 1.29 bits per heavy atom. The summed E-state index contributed by atoms with van der Waals surface area (Å²) in [4.78, 5) is 13.1. The largest absolute Gasteiger partial charge is 0.491 e. The fourth-order valence-electron chi connectivity index (χ4n) is 2.20. The van der Waals surface area contributed by atoms with Crippen LogP contribution in [0.15, 0.2) is 29.2 Å². The number of benzene rings is 1. The van der Waals surface area contributed by atoms with Gasteiger partial charge in [-0.3, -0.25) is 4.79 Å². The average Bonchev–Trinajstić information content (AvgIpc) is 2.67. The molecule has 0 aliphatic carbocycles. The first-order chi connectivity index (χ1) is 9.78. The molecule has 1 aromatic carbocycles. The first-order valence-corrected chi connectivity index (χ1v) is 8.29. The predicted octanol–water partition coefficient (Wildman–Crippen LogP) is 0.983. The number of likely N-dealkylation sites (tertiary alicyclic amines) is 1. The highest BCUT2D eigenvalue weighted by atomic mass is 32.2. The monoisotopic (exact) mass is 312 g/mol. The van der Waals surface area contributed by atoms with Gasteiger partial charge in [0.25, 0.3) is 0 Å². The lowest BCUT2D eigenvalue weighted by Gasteiger charge is -2.14. The number of nitrogens with one attached hydrogen (secondary N) is 1. The minimum Gasteiger partial charge on any atom is -0.491 e. The standard InChI is InChI=1S/C14H20N2O4S/c1-10(2)20-12-4-6-13(7-5-12)21(18,19)15-11-8-14(17)16(3)9-11/h4-7,10-11,15H,8-9H2,1-3H3. The highest BCUT2D eigenvalue weighted by Crippen LogP contribution is 2.18. The van der Waals surface area contributed by atoms with Crippen LogP contribution in [-0.2, 0) is 14.8 Å². The summed E-state index contributed by atoms with van der Waals surface area (Å²) in [6.07, 6.45) is 0.232. The van der Waals surface area contributed by atoms with Crippen molar-refractivity contribution < 1.29 is 17.9 Å². The molecule has 1 heterocycles. The minimum atomic E-state index is -3.62. The predicted molar refractivity (Wildman–Crippen MR) is 78.6 cm³/mol. The van der Waals surface area contributed by atoms with Crippen molar-refractivity contribution in [2.24, 2.45) is 0 Å². The molecule has 1 aromatic rings. The lowest BCUT2D eigenvalue weighted by atomic mass is 10.3. The third-order valence-corrected chi connectivity index (χ3v) is 4.71. The number of rotatable bonds is 5. The SMILES string of the molecule is CC(C)Oc1ccc(S(=O)(=O)NC2CC(=O)N(C)C2)cc1. The molecule has 1 saturated heterocycles. The smallest absolute Gasteiger partial charge is 0.240 e. The Bertz CT molecular complexity index is 610. The van der Waals surface area contributed by atoms with Crippen LogP contribution in [0.2, 0.25) is 0 Å². The van der Waals surface area contributed by atoms with Gasteiger partial charge in [0.1, 0.15) is 5.75 Å². The van der Waals surface area contributed by atoms with E-state index in [1.807, 2.05) is 13.8 Å². The van der Waals surface area contributed by atoms with Gasteiger partial charge in [-0.15, -0.1) is 0 Å². The molecule has 6 nitrogen and oxygen atoms in total. The Balaban J connectivity index is 2.07. The van der Waals surface area contributed by atoms with Gasteiger partial charge in [0.2, 0.25) is 15.9 Å². The van der Waals surface area contributed by atoms with Crippen molar-refractivity contribution in [3.8, 4) is 5.75 Å². The van der Waals surface area contributed by atoms with Gasteiger partial charge in [0, 0.05) is 26.1 Å². The number of hydrogen-bond acceptors (Lipinski definition) is 4. The molecule has 1 aliphatic rings. The van der Waals surface area contributed by atoms with Crippen LogP contribution in [-0.4, -0.2) is 45.0 Å². The molecule has 2 rings (SSSR count). The summed E-state index contributed by atoms with van der Waals surface area (Å²) < 4.78 is 32.5. The van der Waals surface area contributed by atoms with E-state index in [4.69, 9.17) is 4.74 Å². The second-order valence-corrected chi connectivity index (χ2v) is 7.15. The third kappa shape index (κ3) is 3.95. The first-order valence-electron chi connectivity index (χ1n) is 6.81. The van der Waals surface area contributed by atoms with Crippen LogP contribution in [0.3, 0.4) is 0 Å². The highest BCUT2D eigenvalue weighted by molar-refractivity contribution is 7.89. The molecule has 1 N–H and O–H groups in total. The lowest BCUT2D eigenvalue weighted by Crippen LogP contribution is -2.36. The van der Waals surface area contributed by atoms with Crippen LogP contribution in [0.5, 0.6) is 5.75 Å². The van der Waals surface area contributed by atoms with Crippen molar-refractivity contribution in [2.75, 3.05) is 13.6 Å². The molecule has 0 radical (unpaired) electrons. The summed E-state index contributed by atoms with van der Waals surface area (Å²) in [7, 11) is -1.96. The van der Waals surface area contributed by atoms with Crippen LogP contribution in [0.4, 0.5) is 0 Å². The molecule has 0 saturated carbocycles. The fourth-order valence-corrected chi connectivity index (χ4v) is 3.43. The van der Waals surface area contributed by atoms with Gasteiger partial charge in [-0.05, 0) is 38.1 Å². The molecular formula is C14H20N2O4S. The molecule has 1 fully saturated rings. The Labute approximate surface area is 125 Å². The van der Waals surface area contributed by atoms with Crippen molar-refractivity contribution >= 4 is 15.9 Å². The summed E-state index contributed by atoms with van der Waals surface area (Å²) in [5.74, 6) is 0.572. The molecule has 116 valence electrons. The molecule has 1 aliphatic heterocycles. The zero-order chi connectivity index (χ0) is 15.6. The van der Waals surface area contributed by atoms with Crippen molar-refractivity contribution in [1.82, 2.24) is 9.62 Å². The summed E-state index contributed by atoms with van der Waals surface area (Å²) >= 11 is 0. The maximum absolute atomic E-state index is 12.3. The molecule has 0 spiro atoms. The van der Waals surface area contributed by atoms with E-state index in [2.05, 4.69) is 4.72 Å². The highest BCUT2D eigenvalue weighted by Gasteiger charge is 2.30. The van der Waals surface area contributed by atoms with Gasteiger partial charge in [0.05, 0.1) is 11.0 Å². The molecule has 7 heteroatoms. The van der Waals surface area contributed by atoms with Crippen LogP contribution < -0.4 is 9.46 Å². The maximum atomic E-state index is 12.3. The van der Waals surface area contributed by atoms with Crippen LogP contribution in [0.25, 0.3) is 0 Å². The number of amides is 1. The van der Waals surface area contributed by atoms with E-state index >= 15 is 0 Å². The van der Waals surface area contributed by atoms with E-state index in [9.17, 15) is 13.2 Å². The third-order valence-electron chi connectivity index (χ3n) is 3.17. The summed E-state index contributed by atoms with van der Waals surface area (Å²) in [5, 5.41) is 0. The number of carbonyl (C=O) groups excluding carboxylic acids is 1. The van der Waals surface area contributed by atoms with E-state index in [1.54, 1.807) is 19.2 Å². The van der Waals surface area contributed by atoms with E-state index < -0.39 is 10.0 Å². The first kappa shape index (κ1) is 15.8. The number of hydrogen-bond donors (Lipinski definition) is 1. The van der Waals surface area contributed by atoms with Crippen LogP contribution >= 0.6 is 0 Å². The Kier molecular flexibility index (Phi) is 4.53. The lowest BCUT2D eigenvalue weighted by molar-refractivity contribution is -0.126. The number of nitrogens with zero attached hydrogens (tertiary/aromatic N) is 1. The average molecular weight is 312 g/mol. The van der Waals surface area contributed by atoms with Crippen molar-refractivity contribution in [2.45, 2.75) is 37.3 Å². The topological polar surface area (TPSA) is 75.7 Å². The summed E-state index contributed by atoms with van der Waals surface area (Å²) in [6.45, 7) is 4.20. The van der Waals surface area contributed by atoms with Crippen LogP contribution in [0, 0.1) is 0 Å². The number of sulfonamides is 1. The number of carbonyl (C=O) groups is 1. The van der Waals surface area contributed by atoms with Gasteiger partial charge >= 0.3 is 0 Å². The molecule has 0 bridgehead atoms. The van der Waals surface area contributed by atoms with E-state index in [0.29, 0.717) is 12.3 Å². The molecule has 0 aromatic heterocycles. The summed E-state index contributed by atoms with van der Waals surface area (Å²) in [5.41, 5.74) is 0. The van der Waals surface area contributed by atoms with E-state index in [-0.39, 0.29) is 29.4 Å². The van der Waals surface area contributed by atoms with Gasteiger partial charge in [0.15, 0.2) is 0 Å². The maximum Gasteiger partial charge on any atom is 0.240 e. The van der Waals surface area contributed by atoms with Gasteiger partial charge < -0.3 is 9.64 Å². The van der Waals surface area contributed by atoms with Gasteiger partial charge in [-0.1, -0.05) is 0 Å². The molecule has 21 heavy (non-hydrogen) atoms. The quantitative estimate of drug-likeness (QED) is 0.879. The second kappa shape index (κ2) is 6.03. The zero-order valence-corrected chi connectivity index (χ0v) is 13.2. The number of ether oxygens (including phenoxy) is 1. The van der Waals surface area contributed by atoms with Crippen molar-refractivity contribution in [1.29, 1.82) is 0 Å². The summed E-state index contributed by atoms with van der Waals surface area (Å²) in [6, 6.07) is 5.88. The van der Waals surface area contributed by atoms with Gasteiger partial charge in [-0.2, -0.15) is 0 Å². The zero-order valence-electron chi connectivity index (χ0n) is 12.4. The Hall–Kier alpha value is -1.60. The Morgan fingerprint density at radius 3 is 2.38 bits per heavy atom. The second-order valence-electron chi connectivity index (χ2n) is 5.43. The molecule has 1 unspecified atom stereocenters. The normalized spacial score (nSPS) is 19.3. The fraction of sp³-hybridized carbons (Fsp3) is 0.500. The minimum absolute atomic E-state index is 0.0330. The Morgan fingerprint density at radius 2 is 1.90 bits per heavy atom. The molecular weight excluding hydrogens is 292 g/mol. The van der Waals surface area contributed by atoms with E-state index in [0.717, 1.165) is 0 Å². The molecule has 1 atom stereocenters. The number of likely N-dealkylation sites (N-methyl/N-ethyl adjacent to an activating group) is 1. The van der Waals surface area contributed by atoms with E-state index in [1.165, 1.54) is 17.0 Å².